The highest BCUT2D eigenvalue weighted by Crippen LogP contribution is 2.20. The molecule has 112 valence electrons. The molecule has 0 aliphatic carbocycles. The second-order valence-corrected chi connectivity index (χ2v) is 3.69. The van der Waals surface area contributed by atoms with E-state index < -0.39 is 23.6 Å². The summed E-state index contributed by atoms with van der Waals surface area (Å²) >= 11 is 0. The van der Waals surface area contributed by atoms with Crippen molar-refractivity contribution in [3.05, 3.63) is 27.5 Å². The van der Waals surface area contributed by atoms with E-state index in [0.29, 0.717) is 6.07 Å². The first-order valence-electron chi connectivity index (χ1n) is 5.63. The molecule has 0 fully saturated rings. The summed E-state index contributed by atoms with van der Waals surface area (Å²) in [6, 6.07) is 0.612. The molecule has 0 amide bonds. The number of nitrogens with one attached hydrogen (secondary N) is 1. The molecule has 0 atom stereocenters. The van der Waals surface area contributed by atoms with Gasteiger partial charge in [-0.2, -0.15) is 0 Å². The highest BCUT2D eigenvalue weighted by molar-refractivity contribution is 5.72. The number of carbonyl (C=O) groups is 1. The van der Waals surface area contributed by atoms with Gasteiger partial charge < -0.3 is 20.2 Å². The molecule has 1 heterocycles. The number of H-pyrrole nitrogens is 1. The highest BCUT2D eigenvalue weighted by atomic mass is 19.4. The molecule has 9 heteroatoms. The Bertz CT molecular complexity index is 539. The van der Waals surface area contributed by atoms with E-state index in [1.165, 1.54) is 0 Å². The van der Waals surface area contributed by atoms with Gasteiger partial charge in [0.15, 0.2) is 5.43 Å². The van der Waals surface area contributed by atoms with Gasteiger partial charge in [-0.25, -0.2) is 0 Å². The van der Waals surface area contributed by atoms with Gasteiger partial charge in [0.1, 0.15) is 0 Å². The number of alkyl halides is 3. The molecule has 0 saturated carbocycles. The fraction of sp³-hybridized carbons (Fsp3) is 0.455. The SMILES string of the molecule is CCOC(=O)Cc1c(CN)[nH]c(OC(F)(F)F)cc1=O. The zero-order chi connectivity index (χ0) is 15.3. The molecule has 0 aliphatic rings. The van der Waals surface area contributed by atoms with Gasteiger partial charge in [0.25, 0.3) is 0 Å². The lowest BCUT2D eigenvalue weighted by Gasteiger charge is -2.12. The van der Waals surface area contributed by atoms with Crippen molar-refractivity contribution in [2.75, 3.05) is 6.61 Å². The van der Waals surface area contributed by atoms with E-state index in [4.69, 9.17) is 5.73 Å². The van der Waals surface area contributed by atoms with E-state index in [1.807, 2.05) is 0 Å². The van der Waals surface area contributed by atoms with Crippen LogP contribution in [-0.2, 0) is 22.5 Å². The minimum absolute atomic E-state index is 0.00944. The topological polar surface area (TPSA) is 94.4 Å². The van der Waals surface area contributed by atoms with Crippen LogP contribution in [0.4, 0.5) is 13.2 Å². The van der Waals surface area contributed by atoms with Gasteiger partial charge in [-0.1, -0.05) is 0 Å². The zero-order valence-electron chi connectivity index (χ0n) is 10.5. The van der Waals surface area contributed by atoms with Crippen molar-refractivity contribution in [1.29, 1.82) is 0 Å². The number of pyridine rings is 1. The Morgan fingerprint density at radius 1 is 1.45 bits per heavy atom. The molecule has 6 nitrogen and oxygen atoms in total. The Labute approximate surface area is 111 Å². The number of aromatic nitrogens is 1. The maximum absolute atomic E-state index is 12.1. The summed E-state index contributed by atoms with van der Waals surface area (Å²) in [5.74, 6) is -1.45. The van der Waals surface area contributed by atoms with Crippen LogP contribution in [0.3, 0.4) is 0 Å². The molecule has 3 N–H and O–H groups in total. The van der Waals surface area contributed by atoms with Crippen molar-refractivity contribution in [2.24, 2.45) is 5.73 Å². The molecule has 1 aromatic rings. The Morgan fingerprint density at radius 3 is 2.60 bits per heavy atom. The third-order valence-corrected chi connectivity index (χ3v) is 2.25. The summed E-state index contributed by atoms with van der Waals surface area (Å²) in [6.45, 7) is 1.47. The highest BCUT2D eigenvalue weighted by Gasteiger charge is 2.32. The van der Waals surface area contributed by atoms with Crippen LogP contribution in [0, 0.1) is 0 Å². The van der Waals surface area contributed by atoms with E-state index in [9.17, 15) is 22.8 Å². The minimum Gasteiger partial charge on any atom is -0.466 e. The van der Waals surface area contributed by atoms with Gasteiger partial charge in [-0.05, 0) is 6.92 Å². The fourth-order valence-corrected chi connectivity index (χ4v) is 1.52. The predicted octanol–water partition coefficient (Wildman–Crippen LogP) is 0.838. The Balaban J connectivity index is 3.08. The predicted molar refractivity (Wildman–Crippen MR) is 62.0 cm³/mol. The lowest BCUT2D eigenvalue weighted by Crippen LogP contribution is -2.24. The molecular weight excluding hydrogens is 281 g/mol. The summed E-state index contributed by atoms with van der Waals surface area (Å²) in [5, 5.41) is 0. The van der Waals surface area contributed by atoms with Crippen LogP contribution >= 0.6 is 0 Å². The van der Waals surface area contributed by atoms with E-state index >= 15 is 0 Å². The number of halogens is 3. The minimum atomic E-state index is -4.93. The number of hydrogen-bond donors (Lipinski definition) is 2. The Morgan fingerprint density at radius 2 is 2.10 bits per heavy atom. The van der Waals surface area contributed by atoms with E-state index in [1.54, 1.807) is 6.92 Å². The van der Waals surface area contributed by atoms with Crippen molar-refractivity contribution in [3.8, 4) is 5.88 Å². The third kappa shape index (κ3) is 4.57. The number of esters is 1. The van der Waals surface area contributed by atoms with E-state index in [-0.39, 0.29) is 30.8 Å². The molecule has 0 saturated heterocycles. The molecule has 0 bridgehead atoms. The average molecular weight is 294 g/mol. The number of ether oxygens (including phenoxy) is 2. The molecule has 0 radical (unpaired) electrons. The van der Waals surface area contributed by atoms with Gasteiger partial charge >= 0.3 is 12.3 Å². The van der Waals surface area contributed by atoms with Crippen LogP contribution in [0.1, 0.15) is 18.2 Å². The fourth-order valence-electron chi connectivity index (χ4n) is 1.52. The van der Waals surface area contributed by atoms with Crippen molar-refractivity contribution >= 4 is 5.97 Å². The van der Waals surface area contributed by atoms with Crippen molar-refractivity contribution in [2.45, 2.75) is 26.3 Å². The lowest BCUT2D eigenvalue weighted by molar-refractivity contribution is -0.276. The maximum Gasteiger partial charge on any atom is 0.574 e. The summed E-state index contributed by atoms with van der Waals surface area (Å²) in [7, 11) is 0. The van der Waals surface area contributed by atoms with E-state index in [2.05, 4.69) is 14.5 Å². The first-order chi connectivity index (χ1) is 9.26. The number of aromatic amines is 1. The van der Waals surface area contributed by atoms with Crippen LogP contribution in [0.5, 0.6) is 5.88 Å². The molecule has 0 spiro atoms. The molecule has 1 aromatic heterocycles. The Kier molecular flexibility index (Phi) is 5.14. The van der Waals surface area contributed by atoms with Crippen LogP contribution < -0.4 is 15.9 Å². The standard InChI is InChI=1S/C11H13F3N2O4/c1-2-19-10(18)3-6-7(5-15)16-9(4-8(6)17)20-11(12,13)14/h4H,2-3,5,15H2,1H3,(H,16,17). The summed E-state index contributed by atoms with van der Waals surface area (Å²) in [4.78, 5) is 25.3. The molecule has 0 unspecified atom stereocenters. The molecule has 0 aliphatic heterocycles. The van der Waals surface area contributed by atoms with Gasteiger partial charge in [0, 0.05) is 23.9 Å². The quantitative estimate of drug-likeness (QED) is 0.785. The molecule has 1 rings (SSSR count). The lowest BCUT2D eigenvalue weighted by atomic mass is 10.1. The second kappa shape index (κ2) is 6.42. The largest absolute Gasteiger partial charge is 0.574 e. The second-order valence-electron chi connectivity index (χ2n) is 3.69. The summed E-state index contributed by atoms with van der Waals surface area (Å²) in [5.41, 5.74) is 4.51. The zero-order valence-corrected chi connectivity index (χ0v) is 10.5. The monoisotopic (exact) mass is 294 g/mol. The first-order valence-corrected chi connectivity index (χ1v) is 5.63. The summed E-state index contributed by atoms with van der Waals surface area (Å²) in [6.07, 6.45) is -5.31. The van der Waals surface area contributed by atoms with Crippen molar-refractivity contribution in [1.82, 2.24) is 4.98 Å². The van der Waals surface area contributed by atoms with Crippen LogP contribution in [0.25, 0.3) is 0 Å². The number of nitrogens with two attached hydrogens (primary N) is 1. The third-order valence-electron chi connectivity index (χ3n) is 2.25. The van der Waals surface area contributed by atoms with Gasteiger partial charge in [0.2, 0.25) is 5.88 Å². The summed E-state index contributed by atoms with van der Waals surface area (Å²) < 4.78 is 44.5. The van der Waals surface area contributed by atoms with Gasteiger partial charge in [-0.15, -0.1) is 13.2 Å². The average Bonchev–Trinajstić information content (AvgIpc) is 2.30. The molecule has 0 aromatic carbocycles. The Hall–Kier alpha value is -2.03. The molecular formula is C11H13F3N2O4. The smallest absolute Gasteiger partial charge is 0.466 e. The van der Waals surface area contributed by atoms with Crippen LogP contribution in [-0.4, -0.2) is 23.9 Å². The van der Waals surface area contributed by atoms with Crippen molar-refractivity contribution < 1.29 is 27.4 Å². The number of hydrogen-bond acceptors (Lipinski definition) is 5. The van der Waals surface area contributed by atoms with Crippen molar-refractivity contribution in [3.63, 3.8) is 0 Å². The first kappa shape index (κ1) is 16.0. The number of rotatable bonds is 5. The number of carbonyl (C=O) groups excluding carboxylic acids is 1. The van der Waals surface area contributed by atoms with Crippen LogP contribution in [0.2, 0.25) is 0 Å². The van der Waals surface area contributed by atoms with E-state index in [0.717, 1.165) is 0 Å². The molecule has 20 heavy (non-hydrogen) atoms. The maximum atomic E-state index is 12.1. The van der Waals surface area contributed by atoms with Gasteiger partial charge in [0.05, 0.1) is 13.0 Å². The van der Waals surface area contributed by atoms with Crippen LogP contribution in [0.15, 0.2) is 10.9 Å². The van der Waals surface area contributed by atoms with Gasteiger partial charge in [-0.3, -0.25) is 9.59 Å². The normalized spacial score (nSPS) is 11.2.